The highest BCUT2D eigenvalue weighted by Crippen LogP contribution is 2.21. The fraction of sp³-hybridized carbons (Fsp3) is 0.429. The zero-order valence-electron chi connectivity index (χ0n) is 10.9. The van der Waals surface area contributed by atoms with Gasteiger partial charge in [0.1, 0.15) is 5.69 Å². The lowest BCUT2D eigenvalue weighted by Gasteiger charge is -2.32. The van der Waals surface area contributed by atoms with Crippen LogP contribution in [0, 0.1) is 0 Å². The fourth-order valence-corrected chi connectivity index (χ4v) is 2.65. The van der Waals surface area contributed by atoms with Crippen LogP contribution in [0.5, 0.6) is 5.75 Å². The van der Waals surface area contributed by atoms with Crippen molar-refractivity contribution in [2.45, 2.75) is 32.2 Å². The van der Waals surface area contributed by atoms with Crippen LogP contribution in [0.15, 0.2) is 24.5 Å². The van der Waals surface area contributed by atoms with Gasteiger partial charge in [0.25, 0.3) is 5.91 Å². The quantitative estimate of drug-likeness (QED) is 0.852. The zero-order valence-corrected chi connectivity index (χ0v) is 10.9. The van der Waals surface area contributed by atoms with Crippen molar-refractivity contribution in [1.82, 2.24) is 14.3 Å². The molecule has 3 heterocycles. The maximum atomic E-state index is 12.5. The predicted octanol–water partition coefficient (Wildman–Crippen LogP) is 2.05. The molecule has 19 heavy (non-hydrogen) atoms. The number of aromatic nitrogens is 2. The van der Waals surface area contributed by atoms with Gasteiger partial charge in [-0.2, -0.15) is 0 Å². The topological polar surface area (TPSA) is 57.8 Å². The van der Waals surface area contributed by atoms with Gasteiger partial charge in [0.2, 0.25) is 0 Å². The number of carbonyl (C=O) groups is 1. The Hall–Kier alpha value is -2.04. The Morgan fingerprint density at radius 1 is 1.47 bits per heavy atom. The Bertz CT molecular complexity index is 620. The molecule has 0 bridgehead atoms. The van der Waals surface area contributed by atoms with Crippen LogP contribution in [0.4, 0.5) is 0 Å². The van der Waals surface area contributed by atoms with Gasteiger partial charge in [0.05, 0.1) is 0 Å². The average molecular weight is 259 g/mol. The molecule has 1 unspecified atom stereocenters. The van der Waals surface area contributed by atoms with Crippen molar-refractivity contribution in [3.8, 4) is 5.75 Å². The maximum absolute atomic E-state index is 12.5. The number of hydrogen-bond acceptors (Lipinski definition) is 3. The van der Waals surface area contributed by atoms with Gasteiger partial charge in [-0.1, -0.05) is 0 Å². The highest BCUT2D eigenvalue weighted by atomic mass is 16.3. The monoisotopic (exact) mass is 259 g/mol. The van der Waals surface area contributed by atoms with E-state index in [-0.39, 0.29) is 17.7 Å². The molecule has 5 nitrogen and oxygen atoms in total. The molecule has 1 saturated heterocycles. The van der Waals surface area contributed by atoms with Crippen molar-refractivity contribution in [2.24, 2.45) is 0 Å². The number of aromatic hydroxyl groups is 1. The van der Waals surface area contributed by atoms with Gasteiger partial charge < -0.3 is 14.4 Å². The minimum absolute atomic E-state index is 0.0460. The molecule has 0 radical (unpaired) electrons. The summed E-state index contributed by atoms with van der Waals surface area (Å²) in [5.74, 6) is 0.0449. The smallest absolute Gasteiger partial charge is 0.274 e. The third-order valence-corrected chi connectivity index (χ3v) is 3.75. The van der Waals surface area contributed by atoms with E-state index in [2.05, 4.69) is 11.9 Å². The molecule has 5 heteroatoms. The summed E-state index contributed by atoms with van der Waals surface area (Å²) in [6, 6.07) is 3.56. The third-order valence-electron chi connectivity index (χ3n) is 3.75. The van der Waals surface area contributed by atoms with Crippen LogP contribution < -0.4 is 0 Å². The number of likely N-dealkylation sites (tertiary alicyclic amines) is 1. The lowest BCUT2D eigenvalue weighted by Crippen LogP contribution is -2.42. The molecule has 3 rings (SSSR count). The molecule has 1 atom stereocenters. The van der Waals surface area contributed by atoms with E-state index < -0.39 is 0 Å². The Labute approximate surface area is 111 Å². The third kappa shape index (κ3) is 2.05. The Balaban J connectivity index is 1.95. The molecule has 2 aromatic rings. The van der Waals surface area contributed by atoms with Gasteiger partial charge in [0, 0.05) is 25.0 Å². The molecular formula is C14H17N3O2. The molecule has 1 fully saturated rings. The summed E-state index contributed by atoms with van der Waals surface area (Å²) >= 11 is 0. The second-order valence-corrected chi connectivity index (χ2v) is 5.09. The maximum Gasteiger partial charge on any atom is 0.274 e. The van der Waals surface area contributed by atoms with Crippen molar-refractivity contribution in [3.63, 3.8) is 0 Å². The highest BCUT2D eigenvalue weighted by Gasteiger charge is 2.26. The predicted molar refractivity (Wildman–Crippen MR) is 71.2 cm³/mol. The number of pyridine rings is 1. The summed E-state index contributed by atoms with van der Waals surface area (Å²) in [4.78, 5) is 18.6. The van der Waals surface area contributed by atoms with E-state index in [4.69, 9.17) is 0 Å². The van der Waals surface area contributed by atoms with Crippen molar-refractivity contribution in [2.75, 3.05) is 6.54 Å². The largest absolute Gasteiger partial charge is 0.504 e. The minimum atomic E-state index is -0.0460. The van der Waals surface area contributed by atoms with E-state index in [0.717, 1.165) is 19.4 Å². The lowest BCUT2D eigenvalue weighted by atomic mass is 10.0. The number of imidazole rings is 1. The minimum Gasteiger partial charge on any atom is -0.504 e. The molecule has 0 aromatic carbocycles. The van der Waals surface area contributed by atoms with E-state index >= 15 is 0 Å². The van der Waals surface area contributed by atoms with Gasteiger partial charge in [-0.25, -0.2) is 4.98 Å². The number of carbonyl (C=O) groups excluding carboxylic acids is 1. The first-order chi connectivity index (χ1) is 9.16. The van der Waals surface area contributed by atoms with E-state index in [1.54, 1.807) is 28.9 Å². The second-order valence-electron chi connectivity index (χ2n) is 5.09. The van der Waals surface area contributed by atoms with Crippen molar-refractivity contribution in [1.29, 1.82) is 0 Å². The normalized spacial score (nSPS) is 19.8. The molecule has 1 N–H and O–H groups in total. The molecular weight excluding hydrogens is 242 g/mol. The summed E-state index contributed by atoms with van der Waals surface area (Å²) in [5, 5.41) is 9.72. The molecule has 1 amide bonds. The average Bonchev–Trinajstić information content (AvgIpc) is 2.84. The molecule has 1 aliphatic rings. The summed E-state index contributed by atoms with van der Waals surface area (Å²) in [7, 11) is 0. The first-order valence-electron chi connectivity index (χ1n) is 6.64. The van der Waals surface area contributed by atoms with Gasteiger partial charge in [-0.3, -0.25) is 4.79 Å². The van der Waals surface area contributed by atoms with Crippen LogP contribution >= 0.6 is 0 Å². The van der Waals surface area contributed by atoms with E-state index in [0.29, 0.717) is 11.3 Å². The number of nitrogens with zero attached hydrogens (tertiary/aromatic N) is 3. The van der Waals surface area contributed by atoms with Crippen molar-refractivity contribution in [3.05, 3.63) is 30.2 Å². The van der Waals surface area contributed by atoms with E-state index in [9.17, 15) is 9.90 Å². The van der Waals surface area contributed by atoms with Crippen molar-refractivity contribution >= 4 is 11.6 Å². The van der Waals surface area contributed by atoms with Crippen LogP contribution in [0.3, 0.4) is 0 Å². The number of fused-ring (bicyclic) bond motifs is 1. The molecule has 1 aliphatic heterocycles. The summed E-state index contributed by atoms with van der Waals surface area (Å²) in [6.07, 6.45) is 6.73. The van der Waals surface area contributed by atoms with Crippen LogP contribution in [-0.4, -0.2) is 37.9 Å². The number of hydrogen-bond donors (Lipinski definition) is 1. The van der Waals surface area contributed by atoms with E-state index in [1.807, 2.05) is 4.90 Å². The number of rotatable bonds is 1. The lowest BCUT2D eigenvalue weighted by molar-refractivity contribution is 0.0630. The highest BCUT2D eigenvalue weighted by molar-refractivity contribution is 5.93. The molecule has 0 saturated carbocycles. The molecule has 2 aromatic heterocycles. The van der Waals surface area contributed by atoms with Gasteiger partial charge in [-0.15, -0.1) is 0 Å². The van der Waals surface area contributed by atoms with Gasteiger partial charge >= 0.3 is 0 Å². The van der Waals surface area contributed by atoms with Crippen LogP contribution in [0.25, 0.3) is 5.65 Å². The molecule has 0 spiro atoms. The summed E-state index contributed by atoms with van der Waals surface area (Å²) < 4.78 is 1.68. The Morgan fingerprint density at radius 3 is 3.05 bits per heavy atom. The second kappa shape index (κ2) is 4.57. The summed E-state index contributed by atoms with van der Waals surface area (Å²) in [5.41, 5.74) is 0.825. The standard InChI is InChI=1S/C14H17N3O2/c1-10-5-2-3-8-17(10)14(19)11-9-16-7-4-6-12(18)13(16)15-11/h4,6-7,9-10,18H,2-3,5,8H2,1H3. The molecule has 0 aliphatic carbocycles. The van der Waals surface area contributed by atoms with E-state index in [1.165, 1.54) is 6.42 Å². The van der Waals surface area contributed by atoms with Crippen LogP contribution in [0.2, 0.25) is 0 Å². The zero-order chi connectivity index (χ0) is 13.4. The van der Waals surface area contributed by atoms with Crippen LogP contribution in [0.1, 0.15) is 36.7 Å². The van der Waals surface area contributed by atoms with Crippen molar-refractivity contribution < 1.29 is 9.90 Å². The van der Waals surface area contributed by atoms with Crippen LogP contribution in [-0.2, 0) is 0 Å². The Morgan fingerprint density at radius 2 is 2.32 bits per heavy atom. The van der Waals surface area contributed by atoms with Gasteiger partial charge in [0.15, 0.2) is 11.4 Å². The number of amides is 1. The number of piperidine rings is 1. The molecule has 100 valence electrons. The fourth-order valence-electron chi connectivity index (χ4n) is 2.65. The van der Waals surface area contributed by atoms with Gasteiger partial charge in [-0.05, 0) is 38.3 Å². The Kier molecular flexibility index (Phi) is 2.89. The first kappa shape index (κ1) is 12.0. The summed E-state index contributed by atoms with van der Waals surface area (Å²) in [6.45, 7) is 2.87. The SMILES string of the molecule is CC1CCCCN1C(=O)c1cn2cccc(O)c2n1. The first-order valence-corrected chi connectivity index (χ1v) is 6.64.